The molecule has 3 nitrogen and oxygen atoms in total. The molecule has 0 heterocycles. The van der Waals surface area contributed by atoms with Gasteiger partial charge in [0.15, 0.2) is 0 Å². The van der Waals surface area contributed by atoms with Gasteiger partial charge in [0.1, 0.15) is 6.10 Å². The normalized spacial score (nSPS) is 14.2. The summed E-state index contributed by atoms with van der Waals surface area (Å²) in [5.41, 5.74) is 4.12. The van der Waals surface area contributed by atoms with E-state index < -0.39 is 6.10 Å². The summed E-state index contributed by atoms with van der Waals surface area (Å²) in [6.07, 6.45) is 10.2. The zero-order chi connectivity index (χ0) is 16.1. The number of allylic oxidation sites excluding steroid dienone is 5. The molecule has 0 aliphatic rings. The summed E-state index contributed by atoms with van der Waals surface area (Å²) in [7, 11) is 0. The standard InChI is InChI=1S/C18H32O3/c1-15(2)7-5-8-16(3)9-6-10-17(4)11-12-21-14-18(20)13-19/h7,9,11,18-20H,5-6,8,10,12-14H2,1-4H3/b16-9+,17-11?. The van der Waals surface area contributed by atoms with Crippen molar-refractivity contribution in [2.75, 3.05) is 19.8 Å². The maximum atomic E-state index is 9.12. The highest BCUT2D eigenvalue weighted by atomic mass is 16.5. The molecule has 21 heavy (non-hydrogen) atoms. The van der Waals surface area contributed by atoms with Gasteiger partial charge in [0.2, 0.25) is 0 Å². The molecular formula is C18H32O3. The van der Waals surface area contributed by atoms with E-state index >= 15 is 0 Å². The van der Waals surface area contributed by atoms with Gasteiger partial charge in [0.25, 0.3) is 0 Å². The van der Waals surface area contributed by atoms with Crippen LogP contribution in [0.1, 0.15) is 53.4 Å². The summed E-state index contributed by atoms with van der Waals surface area (Å²) in [5.74, 6) is 0. The van der Waals surface area contributed by atoms with Crippen LogP contribution in [0.3, 0.4) is 0 Å². The van der Waals surface area contributed by atoms with Gasteiger partial charge in [0, 0.05) is 0 Å². The van der Waals surface area contributed by atoms with Crippen LogP contribution in [0, 0.1) is 0 Å². The Morgan fingerprint density at radius 3 is 2.10 bits per heavy atom. The van der Waals surface area contributed by atoms with E-state index in [4.69, 9.17) is 14.9 Å². The van der Waals surface area contributed by atoms with E-state index in [2.05, 4.69) is 39.8 Å². The van der Waals surface area contributed by atoms with Gasteiger partial charge in [-0.15, -0.1) is 0 Å². The first-order valence-corrected chi connectivity index (χ1v) is 7.77. The molecule has 1 atom stereocenters. The van der Waals surface area contributed by atoms with Gasteiger partial charge in [-0.3, -0.25) is 0 Å². The van der Waals surface area contributed by atoms with E-state index in [0.717, 1.165) is 25.7 Å². The summed E-state index contributed by atoms with van der Waals surface area (Å²) in [5, 5.41) is 17.8. The second-order valence-corrected chi connectivity index (χ2v) is 5.83. The summed E-state index contributed by atoms with van der Waals surface area (Å²) in [4.78, 5) is 0. The molecule has 0 fully saturated rings. The molecular weight excluding hydrogens is 264 g/mol. The third kappa shape index (κ3) is 13.8. The number of hydrogen-bond donors (Lipinski definition) is 2. The Morgan fingerprint density at radius 1 is 0.952 bits per heavy atom. The van der Waals surface area contributed by atoms with E-state index in [0.29, 0.717) is 6.61 Å². The lowest BCUT2D eigenvalue weighted by molar-refractivity contribution is 0.0148. The van der Waals surface area contributed by atoms with Crippen molar-refractivity contribution in [2.24, 2.45) is 0 Å². The predicted octanol–water partition coefficient (Wildman–Crippen LogP) is 3.78. The highest BCUT2D eigenvalue weighted by Gasteiger charge is 1.99. The number of aliphatic hydroxyl groups excluding tert-OH is 2. The summed E-state index contributed by atoms with van der Waals surface area (Å²) >= 11 is 0. The van der Waals surface area contributed by atoms with E-state index in [9.17, 15) is 0 Å². The van der Waals surface area contributed by atoms with Crippen molar-refractivity contribution in [1.82, 2.24) is 0 Å². The third-order valence-electron chi connectivity index (χ3n) is 3.19. The summed E-state index contributed by atoms with van der Waals surface area (Å²) < 4.78 is 5.25. The topological polar surface area (TPSA) is 49.7 Å². The van der Waals surface area contributed by atoms with Crippen LogP contribution in [0.2, 0.25) is 0 Å². The van der Waals surface area contributed by atoms with Crippen LogP contribution in [0.4, 0.5) is 0 Å². The first kappa shape index (κ1) is 20.1. The molecule has 0 aliphatic carbocycles. The fraction of sp³-hybridized carbons (Fsp3) is 0.667. The molecule has 0 aliphatic heterocycles. The van der Waals surface area contributed by atoms with E-state index in [-0.39, 0.29) is 13.2 Å². The van der Waals surface area contributed by atoms with E-state index in [1.807, 2.05) is 6.08 Å². The minimum absolute atomic E-state index is 0.184. The van der Waals surface area contributed by atoms with Crippen molar-refractivity contribution in [2.45, 2.75) is 59.5 Å². The summed E-state index contributed by atoms with van der Waals surface area (Å²) in [6.45, 7) is 8.98. The number of rotatable bonds is 11. The van der Waals surface area contributed by atoms with Crippen molar-refractivity contribution in [3.63, 3.8) is 0 Å². The molecule has 3 heteroatoms. The fourth-order valence-corrected chi connectivity index (χ4v) is 1.80. The summed E-state index contributed by atoms with van der Waals surface area (Å²) in [6, 6.07) is 0. The molecule has 2 N–H and O–H groups in total. The van der Waals surface area contributed by atoms with Crippen molar-refractivity contribution >= 4 is 0 Å². The van der Waals surface area contributed by atoms with Gasteiger partial charge in [-0.2, -0.15) is 0 Å². The van der Waals surface area contributed by atoms with Gasteiger partial charge in [-0.25, -0.2) is 0 Å². The van der Waals surface area contributed by atoms with Crippen LogP contribution in [0.15, 0.2) is 34.9 Å². The van der Waals surface area contributed by atoms with Crippen LogP contribution in [0.5, 0.6) is 0 Å². The minimum atomic E-state index is -0.773. The van der Waals surface area contributed by atoms with Crippen LogP contribution in [-0.4, -0.2) is 36.1 Å². The molecule has 0 aromatic carbocycles. The maximum Gasteiger partial charge on any atom is 0.100 e. The Labute approximate surface area is 130 Å². The second kappa shape index (κ2) is 12.8. The molecule has 0 rings (SSSR count). The zero-order valence-corrected chi connectivity index (χ0v) is 14.1. The predicted molar refractivity (Wildman–Crippen MR) is 89.3 cm³/mol. The van der Waals surface area contributed by atoms with E-state index in [1.54, 1.807) is 0 Å². The molecule has 0 amide bonds. The largest absolute Gasteiger partial charge is 0.394 e. The van der Waals surface area contributed by atoms with Gasteiger partial charge in [0.05, 0.1) is 19.8 Å². The van der Waals surface area contributed by atoms with Crippen LogP contribution in [-0.2, 0) is 4.74 Å². The first-order chi connectivity index (χ1) is 9.95. The van der Waals surface area contributed by atoms with Gasteiger partial charge >= 0.3 is 0 Å². The molecule has 0 aromatic rings. The van der Waals surface area contributed by atoms with E-state index in [1.165, 1.54) is 16.7 Å². The molecule has 0 spiro atoms. The van der Waals surface area contributed by atoms with Crippen LogP contribution in [0.25, 0.3) is 0 Å². The smallest absolute Gasteiger partial charge is 0.100 e. The third-order valence-corrected chi connectivity index (χ3v) is 3.19. The lowest BCUT2D eigenvalue weighted by atomic mass is 10.1. The van der Waals surface area contributed by atoms with Crippen molar-refractivity contribution in [3.8, 4) is 0 Å². The quantitative estimate of drug-likeness (QED) is 0.451. The SMILES string of the molecule is CC(C)=CCC/C(C)=C/CCC(C)=CCOCC(O)CO. The van der Waals surface area contributed by atoms with Crippen LogP contribution >= 0.6 is 0 Å². The molecule has 1 unspecified atom stereocenters. The van der Waals surface area contributed by atoms with Crippen LogP contribution < -0.4 is 0 Å². The average molecular weight is 296 g/mol. The number of aliphatic hydroxyl groups is 2. The first-order valence-electron chi connectivity index (χ1n) is 7.77. The Bertz CT molecular complexity index is 349. The Balaban J connectivity index is 3.80. The second-order valence-electron chi connectivity index (χ2n) is 5.83. The molecule has 0 bridgehead atoms. The Hall–Kier alpha value is -0.900. The van der Waals surface area contributed by atoms with Crippen molar-refractivity contribution < 1.29 is 14.9 Å². The Morgan fingerprint density at radius 2 is 1.52 bits per heavy atom. The fourth-order valence-electron chi connectivity index (χ4n) is 1.80. The van der Waals surface area contributed by atoms with Gasteiger partial charge in [-0.05, 0) is 53.4 Å². The molecule has 0 saturated carbocycles. The van der Waals surface area contributed by atoms with Crippen molar-refractivity contribution in [1.29, 1.82) is 0 Å². The van der Waals surface area contributed by atoms with Gasteiger partial charge in [-0.1, -0.05) is 34.9 Å². The highest BCUT2D eigenvalue weighted by molar-refractivity contribution is 5.05. The maximum absolute atomic E-state index is 9.12. The number of hydrogen-bond acceptors (Lipinski definition) is 3. The molecule has 0 radical (unpaired) electrons. The minimum Gasteiger partial charge on any atom is -0.394 e. The lowest BCUT2D eigenvalue weighted by Gasteiger charge is -2.06. The average Bonchev–Trinajstić information content (AvgIpc) is 2.42. The zero-order valence-electron chi connectivity index (χ0n) is 14.1. The monoisotopic (exact) mass is 296 g/mol. The molecule has 0 saturated heterocycles. The Kier molecular flexibility index (Phi) is 12.3. The van der Waals surface area contributed by atoms with Gasteiger partial charge < -0.3 is 14.9 Å². The molecule has 122 valence electrons. The molecule has 0 aromatic heterocycles. The van der Waals surface area contributed by atoms with Crippen molar-refractivity contribution in [3.05, 3.63) is 34.9 Å². The lowest BCUT2D eigenvalue weighted by Crippen LogP contribution is -2.19. The highest BCUT2D eigenvalue weighted by Crippen LogP contribution is 2.11. The number of ether oxygens (including phenoxy) is 1.